The van der Waals surface area contributed by atoms with E-state index >= 15 is 0 Å². The van der Waals surface area contributed by atoms with E-state index in [1.807, 2.05) is 16.7 Å². The minimum atomic E-state index is 0.683. The Balaban J connectivity index is 1.84. The van der Waals surface area contributed by atoms with Gasteiger partial charge in [-0.2, -0.15) is 0 Å². The quantitative estimate of drug-likeness (QED) is 0.912. The zero-order valence-electron chi connectivity index (χ0n) is 8.98. The number of hydrogen-bond donors (Lipinski definition) is 1. The zero-order chi connectivity index (χ0) is 11.4. The van der Waals surface area contributed by atoms with Gasteiger partial charge in [-0.3, -0.25) is 0 Å². The number of hydrogen-bond acceptors (Lipinski definition) is 4. The van der Waals surface area contributed by atoms with Crippen molar-refractivity contribution >= 4 is 15.9 Å². The lowest BCUT2D eigenvalue weighted by Crippen LogP contribution is -2.16. The van der Waals surface area contributed by atoms with Gasteiger partial charge in [0.1, 0.15) is 17.9 Å². The van der Waals surface area contributed by atoms with E-state index in [0.717, 1.165) is 22.8 Å². The van der Waals surface area contributed by atoms with Crippen molar-refractivity contribution in [3.63, 3.8) is 0 Å². The lowest BCUT2D eigenvalue weighted by Gasteiger charge is -2.03. The van der Waals surface area contributed by atoms with E-state index in [9.17, 15) is 0 Å². The van der Waals surface area contributed by atoms with Gasteiger partial charge in [0.05, 0.1) is 13.1 Å². The summed E-state index contributed by atoms with van der Waals surface area (Å²) in [6.45, 7) is 4.32. The Morgan fingerprint density at radius 2 is 2.31 bits per heavy atom. The van der Waals surface area contributed by atoms with Crippen molar-refractivity contribution in [3.05, 3.63) is 34.7 Å². The molecule has 0 aliphatic carbocycles. The molecule has 5 nitrogen and oxygen atoms in total. The second-order valence-corrected chi connectivity index (χ2v) is 4.12. The highest BCUT2D eigenvalue weighted by molar-refractivity contribution is 9.10. The molecule has 0 aromatic carbocycles. The first-order valence-electron chi connectivity index (χ1n) is 5.11. The van der Waals surface area contributed by atoms with Crippen molar-refractivity contribution in [3.8, 4) is 0 Å². The fraction of sp³-hybridized carbons (Fsp3) is 0.400. The molecule has 2 heterocycles. The van der Waals surface area contributed by atoms with E-state index in [1.165, 1.54) is 0 Å². The lowest BCUT2D eigenvalue weighted by atomic mass is 10.4. The summed E-state index contributed by atoms with van der Waals surface area (Å²) in [5, 5.41) is 11.2. The Kier molecular flexibility index (Phi) is 3.74. The van der Waals surface area contributed by atoms with Crippen LogP contribution in [-0.4, -0.2) is 14.8 Å². The van der Waals surface area contributed by atoms with Crippen molar-refractivity contribution in [2.24, 2.45) is 0 Å². The Bertz CT molecular complexity index is 451. The van der Waals surface area contributed by atoms with Crippen LogP contribution < -0.4 is 5.32 Å². The third-order valence-corrected chi connectivity index (χ3v) is 2.67. The average molecular weight is 285 g/mol. The molecule has 0 saturated carbocycles. The van der Waals surface area contributed by atoms with Crippen LogP contribution >= 0.6 is 15.9 Å². The maximum Gasteiger partial charge on any atom is 0.169 e. The van der Waals surface area contributed by atoms with Crippen LogP contribution in [-0.2, 0) is 19.6 Å². The summed E-state index contributed by atoms with van der Waals surface area (Å²) in [6, 6.07) is 3.81. The lowest BCUT2D eigenvalue weighted by molar-refractivity contribution is 0.461. The minimum Gasteiger partial charge on any atom is -0.453 e. The molecule has 0 fully saturated rings. The Morgan fingerprint density at radius 1 is 1.44 bits per heavy atom. The van der Waals surface area contributed by atoms with Gasteiger partial charge in [0, 0.05) is 6.54 Å². The molecule has 0 saturated heterocycles. The summed E-state index contributed by atoms with van der Waals surface area (Å²) < 4.78 is 8.13. The zero-order valence-corrected chi connectivity index (χ0v) is 10.6. The number of aryl methyl sites for hydroxylation is 1. The van der Waals surface area contributed by atoms with Gasteiger partial charge in [-0.25, -0.2) is 0 Å². The molecular weight excluding hydrogens is 272 g/mol. The number of furan rings is 1. The molecule has 86 valence electrons. The maximum absolute atomic E-state index is 5.37. The van der Waals surface area contributed by atoms with Gasteiger partial charge >= 0.3 is 0 Å². The van der Waals surface area contributed by atoms with Gasteiger partial charge in [0.15, 0.2) is 4.67 Å². The normalized spacial score (nSPS) is 10.9. The van der Waals surface area contributed by atoms with Crippen molar-refractivity contribution in [1.82, 2.24) is 20.1 Å². The summed E-state index contributed by atoms with van der Waals surface area (Å²) in [5.74, 6) is 1.84. The van der Waals surface area contributed by atoms with E-state index in [-0.39, 0.29) is 0 Å². The van der Waals surface area contributed by atoms with Crippen LogP contribution in [0.25, 0.3) is 0 Å². The molecule has 0 aliphatic heterocycles. The highest BCUT2D eigenvalue weighted by Gasteiger charge is 2.03. The molecule has 6 heteroatoms. The molecule has 0 atom stereocenters. The molecule has 0 amide bonds. The molecule has 16 heavy (non-hydrogen) atoms. The van der Waals surface area contributed by atoms with Gasteiger partial charge in [0.25, 0.3) is 0 Å². The van der Waals surface area contributed by atoms with Crippen LogP contribution in [0.5, 0.6) is 0 Å². The van der Waals surface area contributed by atoms with Gasteiger partial charge in [-0.1, -0.05) is 0 Å². The fourth-order valence-electron chi connectivity index (χ4n) is 1.42. The van der Waals surface area contributed by atoms with E-state index in [4.69, 9.17) is 4.42 Å². The van der Waals surface area contributed by atoms with E-state index in [1.54, 1.807) is 6.33 Å². The van der Waals surface area contributed by atoms with Crippen LogP contribution in [0.1, 0.15) is 18.5 Å². The number of halogens is 1. The Labute approximate surface area is 102 Å². The van der Waals surface area contributed by atoms with E-state index in [0.29, 0.717) is 13.1 Å². The topological polar surface area (TPSA) is 55.9 Å². The highest BCUT2D eigenvalue weighted by Crippen LogP contribution is 2.13. The molecule has 0 bridgehead atoms. The van der Waals surface area contributed by atoms with Crippen molar-refractivity contribution in [1.29, 1.82) is 0 Å². The fourth-order valence-corrected chi connectivity index (χ4v) is 1.76. The first-order chi connectivity index (χ1) is 7.79. The van der Waals surface area contributed by atoms with Crippen molar-refractivity contribution in [2.75, 3.05) is 0 Å². The standard InChI is InChI=1S/C10H13BrN4O/c1-2-15-7-13-14-10(15)6-12-5-8-3-4-9(11)16-8/h3-4,7,12H,2,5-6H2,1H3. The number of nitrogens with one attached hydrogen (secondary N) is 1. The predicted molar refractivity (Wildman–Crippen MR) is 62.6 cm³/mol. The third kappa shape index (κ3) is 2.70. The smallest absolute Gasteiger partial charge is 0.169 e. The van der Waals surface area contributed by atoms with Crippen LogP contribution in [0, 0.1) is 0 Å². The van der Waals surface area contributed by atoms with Crippen LogP contribution in [0.15, 0.2) is 27.5 Å². The summed E-state index contributed by atoms with van der Waals surface area (Å²) in [7, 11) is 0. The predicted octanol–water partition coefficient (Wildman–Crippen LogP) is 1.94. The molecular formula is C10H13BrN4O. The van der Waals surface area contributed by atoms with Gasteiger partial charge in [-0.05, 0) is 35.0 Å². The molecule has 0 spiro atoms. The Hall–Kier alpha value is -1.14. The third-order valence-electron chi connectivity index (χ3n) is 2.25. The first-order valence-corrected chi connectivity index (χ1v) is 5.90. The minimum absolute atomic E-state index is 0.683. The SMILES string of the molecule is CCn1cnnc1CNCc1ccc(Br)o1. The second kappa shape index (κ2) is 5.27. The molecule has 0 aliphatic rings. The molecule has 2 rings (SSSR count). The number of aromatic nitrogens is 3. The average Bonchev–Trinajstić information content (AvgIpc) is 2.87. The molecule has 2 aromatic rings. The largest absolute Gasteiger partial charge is 0.453 e. The highest BCUT2D eigenvalue weighted by atomic mass is 79.9. The molecule has 0 radical (unpaired) electrons. The number of nitrogens with zero attached hydrogens (tertiary/aromatic N) is 3. The Morgan fingerprint density at radius 3 is 3.00 bits per heavy atom. The van der Waals surface area contributed by atoms with Crippen LogP contribution in [0.3, 0.4) is 0 Å². The summed E-state index contributed by atoms with van der Waals surface area (Å²) in [5.41, 5.74) is 0. The summed E-state index contributed by atoms with van der Waals surface area (Å²) in [4.78, 5) is 0. The van der Waals surface area contributed by atoms with Gasteiger partial charge < -0.3 is 14.3 Å². The first kappa shape index (κ1) is 11.3. The van der Waals surface area contributed by atoms with Crippen LogP contribution in [0.2, 0.25) is 0 Å². The summed E-state index contributed by atoms with van der Waals surface area (Å²) >= 11 is 3.26. The van der Waals surface area contributed by atoms with E-state index < -0.39 is 0 Å². The van der Waals surface area contributed by atoms with Crippen LogP contribution in [0.4, 0.5) is 0 Å². The summed E-state index contributed by atoms with van der Waals surface area (Å²) in [6.07, 6.45) is 1.74. The number of rotatable bonds is 5. The monoisotopic (exact) mass is 284 g/mol. The van der Waals surface area contributed by atoms with Crippen molar-refractivity contribution < 1.29 is 4.42 Å². The maximum atomic E-state index is 5.37. The molecule has 1 N–H and O–H groups in total. The van der Waals surface area contributed by atoms with Gasteiger partial charge in [-0.15, -0.1) is 10.2 Å². The van der Waals surface area contributed by atoms with Crippen molar-refractivity contribution in [2.45, 2.75) is 26.6 Å². The second-order valence-electron chi connectivity index (χ2n) is 3.34. The molecule has 0 unspecified atom stereocenters. The molecule has 2 aromatic heterocycles. The van der Waals surface area contributed by atoms with Gasteiger partial charge in [0.2, 0.25) is 0 Å². The van der Waals surface area contributed by atoms with E-state index in [2.05, 4.69) is 38.4 Å².